The fraction of sp³-hybridized carbons (Fsp3) is 0.400. The molecule has 1 rings (SSSR count). The highest BCUT2D eigenvalue weighted by Crippen LogP contribution is 2.38. The molecule has 15 heavy (non-hydrogen) atoms. The zero-order chi connectivity index (χ0) is 11.5. The lowest BCUT2D eigenvalue weighted by atomic mass is 10.1. The molecule has 0 aromatic heterocycles. The number of halogens is 4. The lowest BCUT2D eigenvalue weighted by Gasteiger charge is -2.07. The molecule has 1 aromatic carbocycles. The highest BCUT2D eigenvalue weighted by Gasteiger charge is 2.30. The second kappa shape index (κ2) is 4.88. The van der Waals surface area contributed by atoms with Crippen molar-refractivity contribution in [3.63, 3.8) is 0 Å². The number of aryl methyl sites for hydroxylation is 1. The molecule has 0 saturated carbocycles. The van der Waals surface area contributed by atoms with Crippen molar-refractivity contribution in [3.05, 3.63) is 29.6 Å². The van der Waals surface area contributed by atoms with Gasteiger partial charge in [-0.15, -0.1) is 0 Å². The summed E-state index contributed by atoms with van der Waals surface area (Å²) in [5.41, 5.74) is -3.71. The van der Waals surface area contributed by atoms with E-state index in [2.05, 4.69) is 0 Å². The lowest BCUT2D eigenvalue weighted by molar-refractivity contribution is -0.0329. The van der Waals surface area contributed by atoms with E-state index in [1.165, 1.54) is 12.1 Å². The van der Waals surface area contributed by atoms with Gasteiger partial charge in [0.15, 0.2) is 0 Å². The van der Waals surface area contributed by atoms with Crippen LogP contribution in [0.5, 0.6) is 0 Å². The van der Waals surface area contributed by atoms with Crippen molar-refractivity contribution in [3.8, 4) is 0 Å². The van der Waals surface area contributed by atoms with Crippen molar-refractivity contribution >= 4 is 11.8 Å². The third-order valence-corrected chi connectivity index (χ3v) is 2.54. The third-order valence-electron chi connectivity index (χ3n) is 1.76. The zero-order valence-corrected chi connectivity index (χ0v) is 8.88. The number of benzene rings is 1. The molecule has 0 saturated heterocycles. The fourth-order valence-corrected chi connectivity index (χ4v) is 1.74. The van der Waals surface area contributed by atoms with Gasteiger partial charge in [0, 0.05) is 0 Å². The first-order chi connectivity index (χ1) is 6.92. The molecule has 0 N–H and O–H groups in total. The van der Waals surface area contributed by atoms with E-state index < -0.39 is 23.1 Å². The largest absolute Gasteiger partial charge is 0.446 e. The molecular formula is C10H10F4S. The Bertz CT molecular complexity index is 333. The molecule has 0 heterocycles. The van der Waals surface area contributed by atoms with Crippen LogP contribution in [0.3, 0.4) is 0 Å². The summed E-state index contributed by atoms with van der Waals surface area (Å²) >= 11 is -0.421. The van der Waals surface area contributed by atoms with Gasteiger partial charge in [-0.3, -0.25) is 0 Å². The Kier molecular flexibility index (Phi) is 4.02. The summed E-state index contributed by atoms with van der Waals surface area (Å²) in [7, 11) is 0. The predicted octanol–water partition coefficient (Wildman–Crippen LogP) is 4.39. The molecule has 0 amide bonds. The van der Waals surface area contributed by atoms with Crippen LogP contribution in [0.2, 0.25) is 0 Å². The first-order valence-electron chi connectivity index (χ1n) is 4.46. The molecule has 0 fully saturated rings. The van der Waals surface area contributed by atoms with E-state index in [1.54, 1.807) is 0 Å². The number of rotatable bonds is 3. The van der Waals surface area contributed by atoms with Crippen LogP contribution < -0.4 is 0 Å². The Morgan fingerprint density at radius 2 is 1.93 bits per heavy atom. The van der Waals surface area contributed by atoms with Gasteiger partial charge in [-0.25, -0.2) is 4.39 Å². The van der Waals surface area contributed by atoms with E-state index in [1.807, 2.05) is 6.92 Å². The van der Waals surface area contributed by atoms with Crippen LogP contribution in [0.4, 0.5) is 17.6 Å². The van der Waals surface area contributed by atoms with E-state index in [9.17, 15) is 17.6 Å². The van der Waals surface area contributed by atoms with E-state index in [4.69, 9.17) is 0 Å². The smallest absolute Gasteiger partial charge is 0.206 e. The third kappa shape index (κ3) is 4.11. The van der Waals surface area contributed by atoms with Crippen molar-refractivity contribution in [2.24, 2.45) is 0 Å². The maximum atomic E-state index is 13.2. The molecule has 0 nitrogen and oxygen atoms in total. The summed E-state index contributed by atoms with van der Waals surface area (Å²) in [4.78, 5) is -0.373. The number of alkyl halides is 3. The molecule has 1 aromatic rings. The molecule has 0 unspecified atom stereocenters. The van der Waals surface area contributed by atoms with E-state index in [0.29, 0.717) is 6.42 Å². The van der Waals surface area contributed by atoms with Crippen molar-refractivity contribution in [1.82, 2.24) is 0 Å². The monoisotopic (exact) mass is 238 g/mol. The first-order valence-corrected chi connectivity index (χ1v) is 5.28. The highest BCUT2D eigenvalue weighted by molar-refractivity contribution is 8.00. The zero-order valence-electron chi connectivity index (χ0n) is 8.07. The van der Waals surface area contributed by atoms with Crippen molar-refractivity contribution in [2.45, 2.75) is 30.2 Å². The SMILES string of the molecule is CCCc1ccc(SC(F)(F)F)c(F)c1. The highest BCUT2D eigenvalue weighted by atomic mass is 32.2. The summed E-state index contributed by atoms with van der Waals surface area (Å²) in [6, 6.07) is 3.87. The van der Waals surface area contributed by atoms with Gasteiger partial charge in [0.1, 0.15) is 5.82 Å². The van der Waals surface area contributed by atoms with Crippen LogP contribution in [0.25, 0.3) is 0 Å². The minimum Gasteiger partial charge on any atom is -0.206 e. The minimum atomic E-state index is -4.44. The maximum Gasteiger partial charge on any atom is 0.446 e. The molecular weight excluding hydrogens is 228 g/mol. The first kappa shape index (κ1) is 12.4. The van der Waals surface area contributed by atoms with Crippen LogP contribution in [0, 0.1) is 5.82 Å². The molecule has 0 atom stereocenters. The average molecular weight is 238 g/mol. The Balaban J connectivity index is 2.84. The summed E-state index contributed by atoms with van der Waals surface area (Å²) in [5.74, 6) is -0.803. The van der Waals surface area contributed by atoms with Crippen molar-refractivity contribution < 1.29 is 17.6 Å². The lowest BCUT2D eigenvalue weighted by Crippen LogP contribution is -2.00. The minimum absolute atomic E-state index is 0.373. The van der Waals surface area contributed by atoms with Crippen LogP contribution in [-0.4, -0.2) is 5.51 Å². The van der Waals surface area contributed by atoms with Gasteiger partial charge in [0.25, 0.3) is 0 Å². The van der Waals surface area contributed by atoms with E-state index in [-0.39, 0.29) is 4.90 Å². The number of thioether (sulfide) groups is 1. The molecule has 0 radical (unpaired) electrons. The fourth-order valence-electron chi connectivity index (χ4n) is 1.20. The van der Waals surface area contributed by atoms with Crippen molar-refractivity contribution in [1.29, 1.82) is 0 Å². The van der Waals surface area contributed by atoms with Crippen LogP contribution in [0.15, 0.2) is 23.1 Å². The average Bonchev–Trinajstić information content (AvgIpc) is 2.08. The van der Waals surface area contributed by atoms with Gasteiger partial charge in [0.05, 0.1) is 4.90 Å². The Labute approximate surface area is 89.7 Å². The second-order valence-corrected chi connectivity index (χ2v) is 4.17. The van der Waals surface area contributed by atoms with Gasteiger partial charge < -0.3 is 0 Å². The van der Waals surface area contributed by atoms with Gasteiger partial charge in [0.2, 0.25) is 0 Å². The normalized spacial score (nSPS) is 11.8. The Morgan fingerprint density at radius 3 is 2.40 bits per heavy atom. The van der Waals surface area contributed by atoms with Gasteiger partial charge in [-0.05, 0) is 35.9 Å². The van der Waals surface area contributed by atoms with Crippen LogP contribution in [0.1, 0.15) is 18.9 Å². The molecule has 0 bridgehead atoms. The molecule has 0 aliphatic rings. The standard InChI is InChI=1S/C10H10F4S/c1-2-3-7-4-5-9(8(11)6-7)15-10(12,13)14/h4-6H,2-3H2,1H3. The summed E-state index contributed by atoms with van der Waals surface area (Å²) in [6.45, 7) is 1.93. The molecule has 84 valence electrons. The van der Waals surface area contributed by atoms with Crippen LogP contribution in [-0.2, 0) is 6.42 Å². The Hall–Kier alpha value is -0.710. The van der Waals surface area contributed by atoms with Gasteiger partial charge in [-0.1, -0.05) is 19.4 Å². The predicted molar refractivity (Wildman–Crippen MR) is 52.3 cm³/mol. The molecule has 5 heteroatoms. The topological polar surface area (TPSA) is 0 Å². The molecule has 0 spiro atoms. The van der Waals surface area contributed by atoms with Crippen LogP contribution >= 0.6 is 11.8 Å². The maximum absolute atomic E-state index is 13.2. The van der Waals surface area contributed by atoms with Crippen molar-refractivity contribution in [2.75, 3.05) is 0 Å². The second-order valence-electron chi connectivity index (χ2n) is 3.06. The number of hydrogen-bond acceptors (Lipinski definition) is 1. The van der Waals surface area contributed by atoms with E-state index in [0.717, 1.165) is 18.1 Å². The number of hydrogen-bond donors (Lipinski definition) is 0. The quantitative estimate of drug-likeness (QED) is 0.556. The van der Waals surface area contributed by atoms with E-state index >= 15 is 0 Å². The summed E-state index contributed by atoms with van der Waals surface area (Å²) in [6.07, 6.45) is 1.51. The Morgan fingerprint density at radius 1 is 1.27 bits per heavy atom. The van der Waals surface area contributed by atoms with Gasteiger partial charge >= 0.3 is 5.51 Å². The molecule has 0 aliphatic heterocycles. The van der Waals surface area contributed by atoms with Gasteiger partial charge in [-0.2, -0.15) is 13.2 Å². The summed E-state index contributed by atoms with van der Waals surface area (Å²) in [5, 5.41) is 0. The molecule has 0 aliphatic carbocycles. The summed E-state index contributed by atoms with van der Waals surface area (Å²) < 4.78 is 49.1.